The van der Waals surface area contributed by atoms with Gasteiger partial charge in [-0.15, -0.1) is 11.3 Å². The molecular weight excluding hydrogens is 429 g/mol. The minimum Gasteiger partial charge on any atom is -0.266 e. The van der Waals surface area contributed by atoms with Crippen LogP contribution in [0.5, 0.6) is 0 Å². The normalized spacial score (nSPS) is 14.9. The number of thiophene rings is 1. The highest BCUT2D eigenvalue weighted by molar-refractivity contribution is 7.89. The van der Waals surface area contributed by atoms with Gasteiger partial charge >= 0.3 is 0 Å². The Morgan fingerprint density at radius 1 is 1.11 bits per heavy atom. The smallest absolute Gasteiger partial charge is 0.266 e. The van der Waals surface area contributed by atoms with E-state index in [0.717, 1.165) is 10.2 Å². The highest BCUT2D eigenvalue weighted by Gasteiger charge is 2.28. The van der Waals surface area contributed by atoms with E-state index in [-0.39, 0.29) is 14.9 Å². The van der Waals surface area contributed by atoms with E-state index in [1.807, 2.05) is 11.4 Å². The van der Waals surface area contributed by atoms with E-state index in [9.17, 15) is 13.2 Å². The van der Waals surface area contributed by atoms with E-state index in [4.69, 9.17) is 23.2 Å². The Balaban J connectivity index is 1.64. The molecule has 10 heteroatoms. The van der Waals surface area contributed by atoms with Gasteiger partial charge in [0.2, 0.25) is 10.0 Å². The summed E-state index contributed by atoms with van der Waals surface area (Å²) in [6.45, 7) is 0.822. The first-order valence-corrected chi connectivity index (χ1v) is 11.0. The summed E-state index contributed by atoms with van der Waals surface area (Å²) in [5.41, 5.74) is 0.884. The van der Waals surface area contributed by atoms with Crippen molar-refractivity contribution < 1.29 is 8.42 Å². The van der Waals surface area contributed by atoms with Gasteiger partial charge in [-0.1, -0.05) is 23.2 Å². The molecule has 0 atom stereocenters. The molecule has 0 bridgehead atoms. The van der Waals surface area contributed by atoms with Crippen LogP contribution < -0.4 is 5.56 Å². The minimum absolute atomic E-state index is 0.0648. The lowest BCUT2D eigenvalue weighted by Gasteiger charge is -2.26. The maximum atomic E-state index is 12.9. The standard InChI is InChI=1S/C17H13Cl2N3O3S2/c18-14-9-20-22(17(23)16(14)19)12-1-3-13(4-2-12)27(24,25)21-7-5-15-11(10-21)6-8-26-15/h1-4,6,8-9H,5,7,10H2. The third-order valence-electron chi connectivity index (χ3n) is 4.37. The third-order valence-corrected chi connectivity index (χ3v) is 8.00. The van der Waals surface area contributed by atoms with E-state index < -0.39 is 15.6 Å². The maximum Gasteiger partial charge on any atom is 0.291 e. The fourth-order valence-corrected chi connectivity index (χ4v) is 5.49. The number of nitrogens with zero attached hydrogens (tertiary/aromatic N) is 3. The quantitative estimate of drug-likeness (QED) is 0.624. The van der Waals surface area contributed by atoms with Crippen molar-refractivity contribution in [1.82, 2.24) is 14.1 Å². The fraction of sp³-hybridized carbons (Fsp3) is 0.176. The molecule has 0 saturated carbocycles. The van der Waals surface area contributed by atoms with Gasteiger partial charge in [-0.2, -0.15) is 14.1 Å². The number of hydrogen-bond acceptors (Lipinski definition) is 5. The van der Waals surface area contributed by atoms with Gasteiger partial charge in [0.05, 0.1) is 21.8 Å². The second kappa shape index (κ2) is 7.03. The van der Waals surface area contributed by atoms with Crippen molar-refractivity contribution in [2.45, 2.75) is 17.9 Å². The van der Waals surface area contributed by atoms with Gasteiger partial charge in [0.15, 0.2) is 0 Å². The summed E-state index contributed by atoms with van der Waals surface area (Å²) in [5, 5.41) is 5.85. The summed E-state index contributed by atoms with van der Waals surface area (Å²) in [6.07, 6.45) is 1.98. The van der Waals surface area contributed by atoms with Crippen molar-refractivity contribution in [3.63, 3.8) is 0 Å². The highest BCUT2D eigenvalue weighted by atomic mass is 35.5. The Hall–Kier alpha value is -1.71. The topological polar surface area (TPSA) is 72.3 Å². The number of rotatable bonds is 3. The Kier molecular flexibility index (Phi) is 4.85. The molecule has 0 amide bonds. The van der Waals surface area contributed by atoms with Crippen LogP contribution in [0.3, 0.4) is 0 Å². The zero-order valence-electron chi connectivity index (χ0n) is 13.8. The first-order chi connectivity index (χ1) is 12.9. The first-order valence-electron chi connectivity index (χ1n) is 7.97. The van der Waals surface area contributed by atoms with Crippen LogP contribution in [0.4, 0.5) is 0 Å². The van der Waals surface area contributed by atoms with E-state index in [1.165, 1.54) is 39.6 Å². The van der Waals surface area contributed by atoms with Gasteiger partial charge in [0, 0.05) is 18.0 Å². The average molecular weight is 442 g/mol. The van der Waals surface area contributed by atoms with Gasteiger partial charge in [-0.25, -0.2) is 8.42 Å². The number of halogens is 2. The minimum atomic E-state index is -3.62. The Labute approximate surface area is 169 Å². The van der Waals surface area contributed by atoms with Crippen LogP contribution in [-0.4, -0.2) is 29.0 Å². The molecule has 0 spiro atoms. The molecular formula is C17H13Cl2N3O3S2. The predicted octanol–water partition coefficient (Wildman–Crippen LogP) is 3.35. The van der Waals surface area contributed by atoms with E-state index >= 15 is 0 Å². The highest BCUT2D eigenvalue weighted by Crippen LogP contribution is 2.28. The largest absolute Gasteiger partial charge is 0.291 e. The molecule has 0 aliphatic carbocycles. The molecule has 0 radical (unpaired) electrons. The number of benzene rings is 1. The molecule has 0 saturated heterocycles. The predicted molar refractivity (Wildman–Crippen MR) is 105 cm³/mol. The maximum absolute atomic E-state index is 12.9. The van der Waals surface area contributed by atoms with Crippen molar-refractivity contribution in [1.29, 1.82) is 0 Å². The van der Waals surface area contributed by atoms with Gasteiger partial charge in [0.25, 0.3) is 5.56 Å². The molecule has 1 aromatic carbocycles. The molecule has 140 valence electrons. The van der Waals surface area contributed by atoms with Crippen LogP contribution in [0, 0.1) is 0 Å². The number of fused-ring (bicyclic) bond motifs is 1. The zero-order valence-corrected chi connectivity index (χ0v) is 16.9. The summed E-state index contributed by atoms with van der Waals surface area (Å²) in [4.78, 5) is 13.6. The second-order valence-corrected chi connectivity index (χ2v) is 9.70. The monoisotopic (exact) mass is 441 g/mol. The van der Waals surface area contributed by atoms with Gasteiger partial charge < -0.3 is 0 Å². The van der Waals surface area contributed by atoms with Crippen molar-refractivity contribution >= 4 is 44.6 Å². The van der Waals surface area contributed by atoms with Crippen molar-refractivity contribution in [2.75, 3.05) is 6.54 Å². The van der Waals surface area contributed by atoms with Crippen LogP contribution in [-0.2, 0) is 23.0 Å². The van der Waals surface area contributed by atoms with Crippen LogP contribution in [0.2, 0.25) is 10.0 Å². The Morgan fingerprint density at radius 2 is 1.85 bits per heavy atom. The van der Waals surface area contributed by atoms with Crippen molar-refractivity contribution in [2.24, 2.45) is 0 Å². The zero-order chi connectivity index (χ0) is 19.2. The first kappa shape index (κ1) is 18.6. The lowest BCUT2D eigenvalue weighted by Crippen LogP contribution is -2.35. The summed E-state index contributed by atoms with van der Waals surface area (Å²) >= 11 is 13.3. The fourth-order valence-electron chi connectivity index (χ4n) is 2.93. The Bertz CT molecular complexity index is 1170. The molecule has 27 heavy (non-hydrogen) atoms. The van der Waals surface area contributed by atoms with Crippen LogP contribution in [0.25, 0.3) is 5.69 Å². The molecule has 4 rings (SSSR count). The van der Waals surface area contributed by atoms with Gasteiger partial charge in [0.1, 0.15) is 5.02 Å². The third kappa shape index (κ3) is 3.32. The molecule has 1 aliphatic heterocycles. The van der Waals surface area contributed by atoms with Crippen molar-refractivity contribution in [3.05, 3.63) is 72.7 Å². The molecule has 0 N–H and O–H groups in total. The van der Waals surface area contributed by atoms with E-state index in [0.29, 0.717) is 25.2 Å². The summed E-state index contributed by atoms with van der Waals surface area (Å²) < 4.78 is 28.4. The van der Waals surface area contributed by atoms with Crippen LogP contribution in [0.15, 0.2) is 51.6 Å². The average Bonchev–Trinajstić information content (AvgIpc) is 3.14. The van der Waals surface area contributed by atoms with Crippen LogP contribution >= 0.6 is 34.5 Å². The summed E-state index contributed by atoms with van der Waals surface area (Å²) in [5.74, 6) is 0. The molecule has 0 fully saturated rings. The molecule has 0 unspecified atom stereocenters. The molecule has 1 aliphatic rings. The number of sulfonamides is 1. The Morgan fingerprint density at radius 3 is 2.59 bits per heavy atom. The lowest BCUT2D eigenvalue weighted by atomic mass is 10.1. The van der Waals surface area contributed by atoms with Gasteiger partial charge in [-0.05, 0) is 47.7 Å². The second-order valence-electron chi connectivity index (χ2n) is 5.97. The molecule has 3 aromatic rings. The SMILES string of the molecule is O=c1c(Cl)c(Cl)cnn1-c1ccc(S(=O)(=O)N2CCc3sccc3C2)cc1. The van der Waals surface area contributed by atoms with E-state index in [2.05, 4.69) is 5.10 Å². The molecule has 6 nitrogen and oxygen atoms in total. The lowest BCUT2D eigenvalue weighted by molar-refractivity contribution is 0.394. The number of aromatic nitrogens is 2. The van der Waals surface area contributed by atoms with Crippen molar-refractivity contribution in [3.8, 4) is 5.69 Å². The van der Waals surface area contributed by atoms with Crippen LogP contribution in [0.1, 0.15) is 10.4 Å². The summed E-state index contributed by atoms with van der Waals surface area (Å²) in [6, 6.07) is 7.93. The molecule has 2 aromatic heterocycles. The summed E-state index contributed by atoms with van der Waals surface area (Å²) in [7, 11) is -3.62. The van der Waals surface area contributed by atoms with Gasteiger partial charge in [-0.3, -0.25) is 4.79 Å². The van der Waals surface area contributed by atoms with E-state index in [1.54, 1.807) is 11.3 Å². The number of hydrogen-bond donors (Lipinski definition) is 0. The molecule has 3 heterocycles.